The average molecular weight is 411 g/mol. The SMILES string of the molecule is CCC(F)(ON(F)CC(F)(F)C(F)(F)C(F)(F)C(F)(F)F)C(F)(F)F. The van der Waals surface area contributed by atoms with E-state index in [2.05, 4.69) is 4.84 Å². The van der Waals surface area contributed by atoms with Gasteiger partial charge in [0.2, 0.25) is 0 Å². The fourth-order valence-electron chi connectivity index (χ4n) is 1.17. The molecule has 0 bridgehead atoms. The normalized spacial score (nSPS) is 17.8. The Hall–Kier alpha value is -1.06. The maximum atomic E-state index is 13.2. The molecule has 2 nitrogen and oxygen atoms in total. The Balaban J connectivity index is 5.51. The zero-order chi connectivity index (χ0) is 20.7. The van der Waals surface area contributed by atoms with Crippen molar-refractivity contribution in [3.05, 3.63) is 0 Å². The van der Waals surface area contributed by atoms with E-state index in [-0.39, 0.29) is 0 Å². The Morgan fingerprint density at radius 2 is 1.08 bits per heavy atom. The molecule has 0 aliphatic rings. The van der Waals surface area contributed by atoms with Gasteiger partial charge in [0.1, 0.15) is 6.54 Å². The summed E-state index contributed by atoms with van der Waals surface area (Å²) in [7, 11) is 0. The first-order valence-corrected chi connectivity index (χ1v) is 5.74. The van der Waals surface area contributed by atoms with E-state index in [1.807, 2.05) is 0 Å². The molecule has 0 saturated carbocycles. The quantitative estimate of drug-likeness (QED) is 0.324. The molecule has 0 aromatic rings. The van der Waals surface area contributed by atoms with Crippen LogP contribution in [0.5, 0.6) is 0 Å². The summed E-state index contributed by atoms with van der Waals surface area (Å²) in [5, 5.41) is -2.43. The van der Waals surface area contributed by atoms with Gasteiger partial charge in [-0.2, -0.15) is 52.7 Å². The van der Waals surface area contributed by atoms with E-state index < -0.39 is 54.2 Å². The smallest absolute Gasteiger partial charge is 0.219 e. The number of halogens is 14. The standard InChI is InChI=1S/C9H7F14NO/c1-2-5(12,8(17,18)19)25-24(23)3-4(10,11)6(13,14)7(15,16)9(20,21)22/h2-3H2,1H3. The summed E-state index contributed by atoms with van der Waals surface area (Å²) < 4.78 is 174. The summed E-state index contributed by atoms with van der Waals surface area (Å²) in [6, 6.07) is 0. The fraction of sp³-hybridized carbons (Fsp3) is 1.00. The predicted molar refractivity (Wildman–Crippen MR) is 50.0 cm³/mol. The van der Waals surface area contributed by atoms with E-state index in [0.717, 1.165) is 0 Å². The molecule has 16 heteroatoms. The number of alkyl halides is 13. The van der Waals surface area contributed by atoms with Crippen LogP contribution in [0.15, 0.2) is 0 Å². The Bertz CT molecular complexity index is 456. The summed E-state index contributed by atoms with van der Waals surface area (Å²) in [5.74, 6) is -26.3. The summed E-state index contributed by atoms with van der Waals surface area (Å²) >= 11 is 0. The predicted octanol–water partition coefficient (Wildman–Crippen LogP) is 5.21. The second-order valence-electron chi connectivity index (χ2n) is 4.50. The van der Waals surface area contributed by atoms with E-state index in [1.165, 1.54) is 0 Å². The summed E-state index contributed by atoms with van der Waals surface area (Å²) in [6.07, 6.45) is -15.1. The van der Waals surface area contributed by atoms with Gasteiger partial charge in [-0.3, -0.25) is 0 Å². The molecular weight excluding hydrogens is 404 g/mol. The van der Waals surface area contributed by atoms with Crippen LogP contribution in [0.25, 0.3) is 0 Å². The molecule has 1 atom stereocenters. The van der Waals surface area contributed by atoms with Crippen molar-refractivity contribution < 1.29 is 66.4 Å². The molecule has 0 spiro atoms. The molecule has 0 saturated heterocycles. The van der Waals surface area contributed by atoms with Crippen LogP contribution in [0, 0.1) is 0 Å². The first kappa shape index (κ1) is 23.9. The number of hydrogen-bond acceptors (Lipinski definition) is 2. The van der Waals surface area contributed by atoms with Crippen molar-refractivity contribution in [2.45, 2.75) is 49.3 Å². The number of nitrogens with zero attached hydrogens (tertiary/aromatic N) is 1. The van der Waals surface area contributed by atoms with Gasteiger partial charge in [0, 0.05) is 6.42 Å². The second-order valence-corrected chi connectivity index (χ2v) is 4.50. The summed E-state index contributed by atoms with van der Waals surface area (Å²) in [4.78, 5) is 2.72. The van der Waals surface area contributed by atoms with Gasteiger partial charge in [0.05, 0.1) is 0 Å². The average Bonchev–Trinajstić information content (AvgIpc) is 2.34. The Labute approximate surface area is 129 Å². The lowest BCUT2D eigenvalue weighted by Crippen LogP contribution is -2.63. The van der Waals surface area contributed by atoms with Gasteiger partial charge in [-0.15, -0.1) is 4.48 Å². The van der Waals surface area contributed by atoms with E-state index in [4.69, 9.17) is 0 Å². The van der Waals surface area contributed by atoms with Crippen molar-refractivity contribution in [1.29, 1.82) is 0 Å². The van der Waals surface area contributed by atoms with E-state index >= 15 is 0 Å². The number of hydroxylamine groups is 1. The Kier molecular flexibility index (Phi) is 6.31. The van der Waals surface area contributed by atoms with Crippen molar-refractivity contribution in [3.63, 3.8) is 0 Å². The highest BCUT2D eigenvalue weighted by Gasteiger charge is 2.82. The molecule has 0 aliphatic heterocycles. The minimum Gasteiger partial charge on any atom is -0.219 e. The van der Waals surface area contributed by atoms with Crippen molar-refractivity contribution in [2.75, 3.05) is 6.54 Å². The van der Waals surface area contributed by atoms with Crippen molar-refractivity contribution in [1.82, 2.24) is 5.29 Å². The van der Waals surface area contributed by atoms with Crippen LogP contribution in [0.1, 0.15) is 13.3 Å². The van der Waals surface area contributed by atoms with Gasteiger partial charge in [0.25, 0.3) is 0 Å². The minimum atomic E-state index is -7.38. The van der Waals surface area contributed by atoms with E-state index in [9.17, 15) is 61.6 Å². The van der Waals surface area contributed by atoms with Crippen LogP contribution in [0.4, 0.5) is 61.6 Å². The van der Waals surface area contributed by atoms with Crippen LogP contribution in [0.2, 0.25) is 0 Å². The third kappa shape index (κ3) is 4.38. The van der Waals surface area contributed by atoms with Gasteiger partial charge in [-0.1, -0.05) is 6.92 Å². The molecule has 1 unspecified atom stereocenters. The second kappa shape index (κ2) is 6.59. The molecular formula is C9H7F14NO. The lowest BCUT2D eigenvalue weighted by atomic mass is 10.0. The van der Waals surface area contributed by atoms with Crippen LogP contribution in [0.3, 0.4) is 0 Å². The molecule has 0 rings (SSSR count). The molecule has 152 valence electrons. The molecule has 0 aromatic heterocycles. The largest absolute Gasteiger partial charge is 0.460 e. The van der Waals surface area contributed by atoms with Gasteiger partial charge in [0.15, 0.2) is 0 Å². The third-order valence-electron chi connectivity index (χ3n) is 2.65. The maximum Gasteiger partial charge on any atom is 0.460 e. The van der Waals surface area contributed by atoms with Crippen LogP contribution >= 0.6 is 0 Å². The molecule has 25 heavy (non-hydrogen) atoms. The molecule has 0 fully saturated rings. The van der Waals surface area contributed by atoms with E-state index in [1.54, 1.807) is 0 Å². The molecule has 0 aliphatic carbocycles. The molecule has 0 amide bonds. The topological polar surface area (TPSA) is 12.5 Å². The maximum absolute atomic E-state index is 13.2. The molecule has 0 aromatic carbocycles. The zero-order valence-electron chi connectivity index (χ0n) is 11.6. The highest BCUT2D eigenvalue weighted by Crippen LogP contribution is 2.53. The van der Waals surface area contributed by atoms with Gasteiger partial charge < -0.3 is 0 Å². The van der Waals surface area contributed by atoms with Gasteiger partial charge in [-0.25, -0.2) is 9.23 Å². The van der Waals surface area contributed by atoms with Crippen molar-refractivity contribution >= 4 is 0 Å². The van der Waals surface area contributed by atoms with Crippen LogP contribution < -0.4 is 0 Å². The fourth-order valence-corrected chi connectivity index (χ4v) is 1.17. The van der Waals surface area contributed by atoms with Gasteiger partial charge in [-0.05, 0) is 5.29 Å². The lowest BCUT2D eigenvalue weighted by molar-refractivity contribution is -0.461. The van der Waals surface area contributed by atoms with Crippen LogP contribution in [-0.4, -0.2) is 47.8 Å². The summed E-state index contributed by atoms with van der Waals surface area (Å²) in [6.45, 7) is -3.21. The number of hydrogen-bond donors (Lipinski definition) is 0. The lowest BCUT2D eigenvalue weighted by Gasteiger charge is -2.35. The summed E-state index contributed by atoms with van der Waals surface area (Å²) in [5.41, 5.74) is 0. The van der Waals surface area contributed by atoms with Crippen molar-refractivity contribution in [3.8, 4) is 0 Å². The Morgan fingerprint density at radius 1 is 0.680 bits per heavy atom. The van der Waals surface area contributed by atoms with E-state index in [0.29, 0.717) is 6.92 Å². The monoisotopic (exact) mass is 411 g/mol. The van der Waals surface area contributed by atoms with Crippen LogP contribution in [-0.2, 0) is 4.84 Å². The first-order chi connectivity index (χ1) is 10.7. The number of rotatable bonds is 7. The first-order valence-electron chi connectivity index (χ1n) is 5.74. The molecule has 0 heterocycles. The third-order valence-corrected chi connectivity index (χ3v) is 2.65. The van der Waals surface area contributed by atoms with Gasteiger partial charge >= 0.3 is 36.0 Å². The minimum absolute atomic E-state index is 0.353. The highest BCUT2D eigenvalue weighted by atomic mass is 19.4. The zero-order valence-corrected chi connectivity index (χ0v) is 11.6. The van der Waals surface area contributed by atoms with Crippen molar-refractivity contribution in [2.24, 2.45) is 0 Å². The molecule has 0 N–H and O–H groups in total. The Morgan fingerprint density at radius 3 is 1.36 bits per heavy atom. The highest BCUT2D eigenvalue weighted by molar-refractivity contribution is 5.00. The molecule has 0 radical (unpaired) electrons.